The van der Waals surface area contributed by atoms with Gasteiger partial charge >= 0.3 is 0 Å². The van der Waals surface area contributed by atoms with Crippen molar-refractivity contribution in [2.24, 2.45) is 10.9 Å². The van der Waals surface area contributed by atoms with Gasteiger partial charge in [-0.1, -0.05) is 26.8 Å². The van der Waals surface area contributed by atoms with Crippen molar-refractivity contribution >= 4 is 6.21 Å². The Bertz CT molecular complexity index is 237. The first-order chi connectivity index (χ1) is 6.70. The predicted octanol–water partition coefficient (Wildman–Crippen LogP) is 3.31. The molecule has 0 amide bonds. The van der Waals surface area contributed by atoms with Crippen LogP contribution in [0, 0.1) is 5.92 Å². The van der Waals surface area contributed by atoms with E-state index in [0.717, 1.165) is 36.8 Å². The average molecular weight is 193 g/mol. The zero-order valence-electron chi connectivity index (χ0n) is 9.29. The van der Waals surface area contributed by atoms with Gasteiger partial charge in [0.25, 0.3) is 0 Å². The largest absolute Gasteiger partial charge is 0.491 e. The first kappa shape index (κ1) is 11.0. The number of rotatable bonds is 0. The van der Waals surface area contributed by atoms with E-state index in [9.17, 15) is 0 Å². The number of allylic oxidation sites excluding steroid dienone is 2. The van der Waals surface area contributed by atoms with Gasteiger partial charge in [-0.05, 0) is 12.0 Å². The first-order valence-electron chi connectivity index (χ1n) is 5.25. The third-order valence-corrected chi connectivity index (χ3v) is 1.64. The summed E-state index contributed by atoms with van der Waals surface area (Å²) in [7, 11) is 0. The van der Waals surface area contributed by atoms with Crippen LogP contribution in [0.15, 0.2) is 28.6 Å². The van der Waals surface area contributed by atoms with Gasteiger partial charge in [-0.2, -0.15) is 0 Å². The molecular formula is C12H19NO. The average Bonchev–Trinajstić information content (AvgIpc) is 2.42. The zero-order chi connectivity index (χ0) is 10.4. The van der Waals surface area contributed by atoms with Gasteiger partial charge in [0.2, 0.25) is 0 Å². The first-order valence-corrected chi connectivity index (χ1v) is 5.25. The maximum atomic E-state index is 5.32. The molecule has 2 aliphatic rings. The third-order valence-electron chi connectivity index (χ3n) is 1.64. The highest BCUT2D eigenvalue weighted by Gasteiger charge is 2.12. The lowest BCUT2D eigenvalue weighted by molar-refractivity contribution is 0.257. The van der Waals surface area contributed by atoms with E-state index < -0.39 is 0 Å². The van der Waals surface area contributed by atoms with Crippen LogP contribution >= 0.6 is 0 Å². The second-order valence-electron chi connectivity index (χ2n) is 4.09. The van der Waals surface area contributed by atoms with Crippen molar-refractivity contribution in [2.75, 3.05) is 6.61 Å². The smallest absolute Gasteiger partial charge is 0.140 e. The van der Waals surface area contributed by atoms with Crippen molar-refractivity contribution in [3.8, 4) is 0 Å². The summed E-state index contributed by atoms with van der Waals surface area (Å²) in [4.78, 5) is 4.25. The number of hydrogen-bond donors (Lipinski definition) is 0. The summed E-state index contributed by atoms with van der Waals surface area (Å²) in [5, 5.41) is 0. The molecule has 0 unspecified atom stereocenters. The second-order valence-corrected chi connectivity index (χ2v) is 4.09. The maximum absolute atomic E-state index is 5.32. The maximum Gasteiger partial charge on any atom is 0.140 e. The molecule has 0 fully saturated rings. The fourth-order valence-electron chi connectivity index (χ4n) is 1.14. The van der Waals surface area contributed by atoms with Gasteiger partial charge in [0.15, 0.2) is 0 Å². The lowest BCUT2D eigenvalue weighted by Gasteiger charge is -1.93. The summed E-state index contributed by atoms with van der Waals surface area (Å²) in [5.74, 6) is 1.80. The molecule has 0 aliphatic carbocycles. The third kappa shape index (κ3) is 3.77. The molecule has 0 radical (unpaired) electrons. The van der Waals surface area contributed by atoms with Crippen molar-refractivity contribution in [2.45, 2.75) is 33.6 Å². The van der Waals surface area contributed by atoms with E-state index >= 15 is 0 Å². The standard InChI is InChI=1S/C8H9NO.C4H10/c1-2-5-9-7-4-6-10-8(7)3-1;1-4(2)3/h1,3,5H,2,4,6H2;4H,1-3H3. The minimum Gasteiger partial charge on any atom is -0.491 e. The molecule has 0 bridgehead atoms. The highest BCUT2D eigenvalue weighted by Crippen LogP contribution is 2.22. The van der Waals surface area contributed by atoms with Crippen LogP contribution in [0.5, 0.6) is 0 Å². The van der Waals surface area contributed by atoms with Gasteiger partial charge < -0.3 is 4.74 Å². The predicted molar refractivity (Wildman–Crippen MR) is 60.4 cm³/mol. The molecule has 0 aromatic rings. The number of aliphatic imine (C=N–C) groups is 1. The Kier molecular flexibility index (Phi) is 4.44. The lowest BCUT2D eigenvalue weighted by Crippen LogP contribution is -1.79. The van der Waals surface area contributed by atoms with Crippen LogP contribution in [-0.2, 0) is 4.74 Å². The highest BCUT2D eigenvalue weighted by molar-refractivity contribution is 5.62. The summed E-state index contributed by atoms with van der Waals surface area (Å²) in [6.07, 6.45) is 7.90. The highest BCUT2D eigenvalue weighted by atomic mass is 16.5. The van der Waals surface area contributed by atoms with E-state index in [1.54, 1.807) is 0 Å². The van der Waals surface area contributed by atoms with Crippen LogP contribution < -0.4 is 0 Å². The van der Waals surface area contributed by atoms with Crippen molar-refractivity contribution in [1.82, 2.24) is 0 Å². The summed E-state index contributed by atoms with van der Waals surface area (Å²) >= 11 is 0. The van der Waals surface area contributed by atoms with Gasteiger partial charge in [-0.25, -0.2) is 0 Å². The SMILES string of the molecule is C1=CC2=C(CCO2)N=CC1.CC(C)C. The molecule has 0 aromatic heterocycles. The summed E-state index contributed by atoms with van der Waals surface area (Å²) < 4.78 is 5.32. The molecule has 0 spiro atoms. The Morgan fingerprint density at radius 3 is 2.79 bits per heavy atom. The van der Waals surface area contributed by atoms with Gasteiger partial charge in [-0.15, -0.1) is 0 Å². The van der Waals surface area contributed by atoms with Gasteiger partial charge in [0.05, 0.1) is 12.3 Å². The van der Waals surface area contributed by atoms with E-state index in [-0.39, 0.29) is 0 Å². The number of ether oxygens (including phenoxy) is 1. The molecule has 2 heterocycles. The van der Waals surface area contributed by atoms with Crippen LogP contribution in [0.25, 0.3) is 0 Å². The summed E-state index contributed by atoms with van der Waals surface area (Å²) in [6.45, 7) is 7.30. The Morgan fingerprint density at radius 2 is 2.07 bits per heavy atom. The van der Waals surface area contributed by atoms with Crippen LogP contribution in [-0.4, -0.2) is 12.8 Å². The Hall–Kier alpha value is -1.05. The quantitative estimate of drug-likeness (QED) is 0.578. The molecule has 2 nitrogen and oxygen atoms in total. The Labute approximate surface area is 86.4 Å². The van der Waals surface area contributed by atoms with Crippen LogP contribution in [0.1, 0.15) is 33.6 Å². The minimum absolute atomic E-state index is 0.798. The molecule has 2 rings (SSSR count). The lowest BCUT2D eigenvalue weighted by atomic mass is 10.3. The Morgan fingerprint density at radius 1 is 1.36 bits per heavy atom. The van der Waals surface area contributed by atoms with E-state index in [2.05, 4.69) is 31.8 Å². The van der Waals surface area contributed by atoms with Crippen LogP contribution in [0.3, 0.4) is 0 Å². The molecule has 0 N–H and O–H groups in total. The van der Waals surface area contributed by atoms with Crippen molar-refractivity contribution < 1.29 is 4.74 Å². The number of hydrogen-bond acceptors (Lipinski definition) is 2. The monoisotopic (exact) mass is 193 g/mol. The van der Waals surface area contributed by atoms with Gasteiger partial charge in [-0.3, -0.25) is 4.99 Å². The second kappa shape index (κ2) is 5.63. The van der Waals surface area contributed by atoms with Gasteiger partial charge in [0.1, 0.15) is 5.76 Å². The zero-order valence-corrected chi connectivity index (χ0v) is 9.29. The van der Waals surface area contributed by atoms with E-state index in [4.69, 9.17) is 4.74 Å². The molecule has 0 saturated heterocycles. The molecule has 78 valence electrons. The molecule has 2 aliphatic heterocycles. The summed E-state index contributed by atoms with van der Waals surface area (Å²) in [5.41, 5.74) is 1.11. The van der Waals surface area contributed by atoms with Crippen LogP contribution in [0.2, 0.25) is 0 Å². The van der Waals surface area contributed by atoms with E-state index in [1.165, 1.54) is 0 Å². The van der Waals surface area contributed by atoms with Gasteiger partial charge in [0, 0.05) is 19.1 Å². The fourth-order valence-corrected chi connectivity index (χ4v) is 1.14. The van der Waals surface area contributed by atoms with E-state index in [0.29, 0.717) is 0 Å². The molecule has 0 atom stereocenters. The van der Waals surface area contributed by atoms with E-state index in [1.807, 2.05) is 12.3 Å². The van der Waals surface area contributed by atoms with Crippen molar-refractivity contribution in [1.29, 1.82) is 0 Å². The van der Waals surface area contributed by atoms with Crippen molar-refractivity contribution in [3.63, 3.8) is 0 Å². The minimum atomic E-state index is 0.798. The number of nitrogens with zero attached hydrogens (tertiary/aromatic N) is 1. The fraction of sp³-hybridized carbons (Fsp3) is 0.583. The Balaban J connectivity index is 0.000000213. The normalized spacial score (nSPS) is 18.6. The van der Waals surface area contributed by atoms with Crippen molar-refractivity contribution in [3.05, 3.63) is 23.6 Å². The molecule has 0 aromatic carbocycles. The molecular weight excluding hydrogens is 174 g/mol. The molecule has 0 saturated carbocycles. The van der Waals surface area contributed by atoms with Crippen LogP contribution in [0.4, 0.5) is 0 Å². The summed E-state index contributed by atoms with van der Waals surface area (Å²) in [6, 6.07) is 0. The topological polar surface area (TPSA) is 21.6 Å². The molecule has 2 heteroatoms. The molecule has 14 heavy (non-hydrogen) atoms.